The second kappa shape index (κ2) is 6.94. The Balaban J connectivity index is 2.67. The minimum Gasteiger partial charge on any atom is -0.491 e. The molecule has 1 amide bonds. The highest BCUT2D eigenvalue weighted by atomic mass is 35.5. The first-order chi connectivity index (χ1) is 8.93. The summed E-state index contributed by atoms with van der Waals surface area (Å²) in [6.45, 7) is 1.09. The van der Waals surface area contributed by atoms with Crippen molar-refractivity contribution in [1.82, 2.24) is 5.32 Å². The molecule has 1 N–H and O–H groups in total. The predicted molar refractivity (Wildman–Crippen MR) is 66.5 cm³/mol. The van der Waals surface area contributed by atoms with Crippen LogP contribution in [0.4, 0.5) is 4.39 Å². The molecule has 19 heavy (non-hydrogen) atoms. The van der Waals surface area contributed by atoms with Gasteiger partial charge >= 0.3 is 5.97 Å². The van der Waals surface area contributed by atoms with Gasteiger partial charge in [-0.1, -0.05) is 11.6 Å². The number of halogens is 2. The molecule has 1 rings (SSSR count). The van der Waals surface area contributed by atoms with E-state index < -0.39 is 23.7 Å². The zero-order chi connectivity index (χ0) is 14.4. The largest absolute Gasteiger partial charge is 0.491 e. The molecule has 1 aromatic rings. The Morgan fingerprint density at radius 1 is 1.47 bits per heavy atom. The maximum atomic E-state index is 13.2. The quantitative estimate of drug-likeness (QED) is 0.835. The van der Waals surface area contributed by atoms with E-state index in [2.05, 4.69) is 10.1 Å². The van der Waals surface area contributed by atoms with Crippen LogP contribution in [-0.4, -0.2) is 31.6 Å². The number of carbonyl (C=O) groups is 2. The number of methoxy groups -OCH3 is 1. The lowest BCUT2D eigenvalue weighted by Gasteiger charge is -2.16. The number of benzene rings is 1. The molecule has 0 bridgehead atoms. The highest BCUT2D eigenvalue weighted by molar-refractivity contribution is 6.30. The van der Waals surface area contributed by atoms with Crippen molar-refractivity contribution in [1.29, 1.82) is 0 Å². The molecule has 0 heterocycles. The molecule has 0 aromatic heterocycles. The van der Waals surface area contributed by atoms with Gasteiger partial charge in [0.2, 0.25) is 5.91 Å². The number of rotatable bonds is 5. The number of amides is 1. The summed E-state index contributed by atoms with van der Waals surface area (Å²) in [7, 11) is 1.19. The van der Waals surface area contributed by atoms with Crippen LogP contribution >= 0.6 is 11.6 Å². The molecule has 0 aliphatic rings. The van der Waals surface area contributed by atoms with Crippen molar-refractivity contribution in [3.05, 3.63) is 29.0 Å². The van der Waals surface area contributed by atoms with E-state index in [1.54, 1.807) is 0 Å². The lowest BCUT2D eigenvalue weighted by molar-refractivity contribution is -0.145. The number of nitrogens with one attached hydrogen (secondary N) is 1. The lowest BCUT2D eigenvalue weighted by Crippen LogP contribution is -2.44. The number of esters is 1. The van der Waals surface area contributed by atoms with Crippen LogP contribution in [-0.2, 0) is 14.3 Å². The molecule has 0 aliphatic carbocycles. The van der Waals surface area contributed by atoms with E-state index in [1.807, 2.05) is 0 Å². The first kappa shape index (κ1) is 15.2. The molecule has 1 unspecified atom stereocenters. The standard InChI is InChI=1S/C12H13ClFNO4/c1-7(16)15-11(12(17)18-2)6-19-8-3-4-9(13)10(14)5-8/h3-5,11H,6H2,1-2H3,(H,15,16). The van der Waals surface area contributed by atoms with Crippen LogP contribution in [0.3, 0.4) is 0 Å². The van der Waals surface area contributed by atoms with E-state index in [0.717, 1.165) is 6.07 Å². The lowest BCUT2D eigenvalue weighted by atomic mass is 10.3. The molecular formula is C12H13ClFNO4. The third-order valence-electron chi connectivity index (χ3n) is 2.17. The third kappa shape index (κ3) is 4.75. The third-order valence-corrected chi connectivity index (χ3v) is 2.48. The van der Waals surface area contributed by atoms with Gasteiger partial charge in [0.1, 0.15) is 18.2 Å². The normalized spacial score (nSPS) is 11.6. The molecule has 0 saturated carbocycles. The van der Waals surface area contributed by atoms with E-state index >= 15 is 0 Å². The van der Waals surface area contributed by atoms with Crippen molar-refractivity contribution in [2.75, 3.05) is 13.7 Å². The molecule has 0 spiro atoms. The fourth-order valence-electron chi connectivity index (χ4n) is 1.30. The monoisotopic (exact) mass is 289 g/mol. The highest BCUT2D eigenvalue weighted by Crippen LogP contribution is 2.20. The summed E-state index contributed by atoms with van der Waals surface area (Å²) in [4.78, 5) is 22.3. The minimum absolute atomic E-state index is 0.0290. The van der Waals surface area contributed by atoms with Crippen molar-refractivity contribution in [2.45, 2.75) is 13.0 Å². The predicted octanol–water partition coefficient (Wildman–Crippen LogP) is 1.54. The van der Waals surface area contributed by atoms with Gasteiger partial charge < -0.3 is 14.8 Å². The van der Waals surface area contributed by atoms with Crippen molar-refractivity contribution in [3.63, 3.8) is 0 Å². The Kier molecular flexibility index (Phi) is 5.57. The van der Waals surface area contributed by atoms with Gasteiger partial charge in [-0.15, -0.1) is 0 Å². The average molecular weight is 290 g/mol. The van der Waals surface area contributed by atoms with Crippen LogP contribution in [0.25, 0.3) is 0 Å². The molecule has 0 fully saturated rings. The maximum absolute atomic E-state index is 13.2. The smallest absolute Gasteiger partial charge is 0.331 e. The van der Waals surface area contributed by atoms with Crippen molar-refractivity contribution < 1.29 is 23.5 Å². The van der Waals surface area contributed by atoms with Crippen LogP contribution in [0.2, 0.25) is 5.02 Å². The summed E-state index contributed by atoms with van der Waals surface area (Å²) < 4.78 is 22.9. The number of carbonyl (C=O) groups excluding carboxylic acids is 2. The van der Waals surface area contributed by atoms with Gasteiger partial charge in [0, 0.05) is 13.0 Å². The highest BCUT2D eigenvalue weighted by Gasteiger charge is 2.21. The van der Waals surface area contributed by atoms with Gasteiger partial charge in [0.15, 0.2) is 6.04 Å². The fourth-order valence-corrected chi connectivity index (χ4v) is 1.42. The van der Waals surface area contributed by atoms with Crippen molar-refractivity contribution in [2.24, 2.45) is 0 Å². The molecule has 5 nitrogen and oxygen atoms in total. The Bertz CT molecular complexity index is 481. The SMILES string of the molecule is COC(=O)C(COc1ccc(Cl)c(F)c1)NC(C)=O. The number of ether oxygens (including phenoxy) is 2. The summed E-state index contributed by atoms with van der Waals surface area (Å²) in [6, 6.07) is 2.91. The summed E-state index contributed by atoms with van der Waals surface area (Å²) in [6.07, 6.45) is 0. The molecule has 1 atom stereocenters. The summed E-state index contributed by atoms with van der Waals surface area (Å²) in [5.74, 6) is -1.49. The van der Waals surface area contributed by atoms with Gasteiger partial charge in [0.05, 0.1) is 12.1 Å². The van der Waals surface area contributed by atoms with E-state index in [-0.39, 0.29) is 17.4 Å². The van der Waals surface area contributed by atoms with Crippen LogP contribution < -0.4 is 10.1 Å². The average Bonchev–Trinajstić information content (AvgIpc) is 2.37. The second-order valence-corrected chi connectivity index (χ2v) is 4.07. The second-order valence-electron chi connectivity index (χ2n) is 3.66. The Morgan fingerprint density at radius 2 is 2.16 bits per heavy atom. The zero-order valence-corrected chi connectivity index (χ0v) is 11.2. The van der Waals surface area contributed by atoms with Crippen molar-refractivity contribution >= 4 is 23.5 Å². The zero-order valence-electron chi connectivity index (χ0n) is 10.4. The molecule has 0 aliphatic heterocycles. The minimum atomic E-state index is -0.957. The summed E-state index contributed by atoms with van der Waals surface area (Å²) >= 11 is 5.52. The Hall–Kier alpha value is -1.82. The fraction of sp³-hybridized carbons (Fsp3) is 0.333. The van der Waals surface area contributed by atoms with E-state index in [9.17, 15) is 14.0 Å². The molecular weight excluding hydrogens is 277 g/mol. The van der Waals surface area contributed by atoms with Gasteiger partial charge in [-0.25, -0.2) is 9.18 Å². The van der Waals surface area contributed by atoms with Gasteiger partial charge in [0.25, 0.3) is 0 Å². The molecule has 0 radical (unpaired) electrons. The van der Waals surface area contributed by atoms with E-state index in [0.29, 0.717) is 0 Å². The molecule has 0 saturated heterocycles. The number of hydrogen-bond donors (Lipinski definition) is 1. The number of hydrogen-bond acceptors (Lipinski definition) is 4. The summed E-state index contributed by atoms with van der Waals surface area (Å²) in [5, 5.41) is 2.34. The summed E-state index contributed by atoms with van der Waals surface area (Å²) in [5.41, 5.74) is 0. The van der Waals surface area contributed by atoms with Crippen LogP contribution in [0.5, 0.6) is 5.75 Å². The van der Waals surface area contributed by atoms with Gasteiger partial charge in [-0.3, -0.25) is 4.79 Å². The van der Waals surface area contributed by atoms with Crippen LogP contribution in [0, 0.1) is 5.82 Å². The molecule has 7 heteroatoms. The van der Waals surface area contributed by atoms with E-state index in [1.165, 1.54) is 26.2 Å². The Labute approximate surface area is 114 Å². The molecule has 104 valence electrons. The van der Waals surface area contributed by atoms with Crippen molar-refractivity contribution in [3.8, 4) is 5.75 Å². The Morgan fingerprint density at radius 3 is 2.68 bits per heavy atom. The molecule has 1 aromatic carbocycles. The van der Waals surface area contributed by atoms with Crippen LogP contribution in [0.15, 0.2) is 18.2 Å². The van der Waals surface area contributed by atoms with Gasteiger partial charge in [-0.05, 0) is 12.1 Å². The first-order valence-corrected chi connectivity index (χ1v) is 5.74. The first-order valence-electron chi connectivity index (χ1n) is 5.37. The topological polar surface area (TPSA) is 64.6 Å². The van der Waals surface area contributed by atoms with Crippen LogP contribution in [0.1, 0.15) is 6.92 Å². The van der Waals surface area contributed by atoms with E-state index in [4.69, 9.17) is 16.3 Å². The van der Waals surface area contributed by atoms with Gasteiger partial charge in [-0.2, -0.15) is 0 Å². The maximum Gasteiger partial charge on any atom is 0.331 e.